The van der Waals surface area contributed by atoms with Crippen LogP contribution in [0.25, 0.3) is 88.8 Å². The van der Waals surface area contributed by atoms with Gasteiger partial charge < -0.3 is 8.83 Å². The SMILES string of the molecule is c1ccc(-c2nc(-c3ccc4c(ccc5c6ccccc6oc45)c3)nc(-c3ccc4c(c3)oc3ccccc34)n2)cc1. The fourth-order valence-electron chi connectivity index (χ4n) is 5.87. The summed E-state index contributed by atoms with van der Waals surface area (Å²) in [7, 11) is 0. The molecule has 196 valence electrons. The van der Waals surface area contributed by atoms with Gasteiger partial charge in [0.05, 0.1) is 0 Å². The summed E-state index contributed by atoms with van der Waals surface area (Å²) in [5, 5.41) is 6.51. The average Bonchev–Trinajstić information content (AvgIpc) is 3.63. The van der Waals surface area contributed by atoms with Crippen LogP contribution in [0.15, 0.2) is 136 Å². The van der Waals surface area contributed by atoms with Crippen molar-refractivity contribution in [3.8, 4) is 34.2 Å². The van der Waals surface area contributed by atoms with Crippen LogP contribution in [0.4, 0.5) is 0 Å². The zero-order valence-electron chi connectivity index (χ0n) is 22.3. The van der Waals surface area contributed by atoms with Crippen molar-refractivity contribution in [3.05, 3.63) is 127 Å². The van der Waals surface area contributed by atoms with Crippen LogP contribution in [-0.2, 0) is 0 Å². The molecule has 0 N–H and O–H groups in total. The molecule has 9 aromatic rings. The highest BCUT2D eigenvalue weighted by Gasteiger charge is 2.16. The summed E-state index contributed by atoms with van der Waals surface area (Å²) in [4.78, 5) is 14.8. The van der Waals surface area contributed by atoms with E-state index in [1.165, 1.54) is 0 Å². The molecule has 3 aromatic heterocycles. The van der Waals surface area contributed by atoms with E-state index < -0.39 is 0 Å². The Labute approximate surface area is 239 Å². The van der Waals surface area contributed by atoms with Crippen molar-refractivity contribution in [1.29, 1.82) is 0 Å². The standard InChI is InChI=1S/C37H21N3O2/c1-2-8-22(9-3-1)35-38-36(40-37(39-35)25-16-18-29-27-10-4-6-12-31(27)41-33(29)21-25)24-15-17-26-23(20-24)14-19-30-28-11-5-7-13-32(28)42-34(26)30/h1-21H. The molecule has 0 aliphatic heterocycles. The van der Waals surface area contributed by atoms with Gasteiger partial charge in [-0.05, 0) is 47.9 Å². The number of fused-ring (bicyclic) bond motifs is 8. The number of benzene rings is 6. The van der Waals surface area contributed by atoms with Gasteiger partial charge in [-0.2, -0.15) is 0 Å². The Morgan fingerprint density at radius 1 is 0.357 bits per heavy atom. The lowest BCUT2D eigenvalue weighted by Gasteiger charge is -2.09. The predicted octanol–water partition coefficient (Wildman–Crippen LogP) is 9.82. The van der Waals surface area contributed by atoms with Crippen molar-refractivity contribution < 1.29 is 8.83 Å². The smallest absolute Gasteiger partial charge is 0.164 e. The largest absolute Gasteiger partial charge is 0.456 e. The van der Waals surface area contributed by atoms with Crippen molar-refractivity contribution in [1.82, 2.24) is 15.0 Å². The topological polar surface area (TPSA) is 65.0 Å². The third-order valence-corrected chi connectivity index (χ3v) is 7.92. The van der Waals surface area contributed by atoms with Crippen LogP contribution in [0.1, 0.15) is 0 Å². The van der Waals surface area contributed by atoms with E-state index in [4.69, 9.17) is 23.8 Å². The Kier molecular flexibility index (Phi) is 4.83. The zero-order chi connectivity index (χ0) is 27.6. The van der Waals surface area contributed by atoms with E-state index in [1.54, 1.807) is 0 Å². The molecule has 0 aliphatic rings. The molecule has 6 aromatic carbocycles. The second kappa shape index (κ2) is 8.85. The van der Waals surface area contributed by atoms with E-state index in [2.05, 4.69) is 54.6 Å². The molecule has 0 atom stereocenters. The number of hydrogen-bond acceptors (Lipinski definition) is 5. The highest BCUT2D eigenvalue weighted by Crippen LogP contribution is 2.36. The van der Waals surface area contributed by atoms with Crippen molar-refractivity contribution in [2.75, 3.05) is 0 Å². The lowest BCUT2D eigenvalue weighted by molar-refractivity contribution is 0.669. The van der Waals surface area contributed by atoms with Gasteiger partial charge in [-0.25, -0.2) is 15.0 Å². The molecule has 3 heterocycles. The molecule has 0 amide bonds. The summed E-state index contributed by atoms with van der Waals surface area (Å²) < 4.78 is 12.4. The minimum absolute atomic E-state index is 0.592. The molecule has 0 aliphatic carbocycles. The van der Waals surface area contributed by atoms with Gasteiger partial charge in [-0.15, -0.1) is 0 Å². The predicted molar refractivity (Wildman–Crippen MR) is 168 cm³/mol. The summed E-state index contributed by atoms with van der Waals surface area (Å²) in [6, 6.07) is 42.9. The van der Waals surface area contributed by atoms with Gasteiger partial charge in [0.15, 0.2) is 17.5 Å². The van der Waals surface area contributed by atoms with Crippen LogP contribution in [0.2, 0.25) is 0 Å². The van der Waals surface area contributed by atoms with E-state index >= 15 is 0 Å². The van der Waals surface area contributed by atoms with Gasteiger partial charge in [-0.3, -0.25) is 0 Å². The number of hydrogen-bond donors (Lipinski definition) is 0. The first-order chi connectivity index (χ1) is 20.8. The molecule has 42 heavy (non-hydrogen) atoms. The van der Waals surface area contributed by atoms with E-state index in [1.807, 2.05) is 72.8 Å². The highest BCUT2D eigenvalue weighted by molar-refractivity contribution is 6.15. The fourth-order valence-corrected chi connectivity index (χ4v) is 5.87. The van der Waals surface area contributed by atoms with Crippen LogP contribution < -0.4 is 0 Å². The number of aromatic nitrogens is 3. The van der Waals surface area contributed by atoms with Gasteiger partial charge in [0.25, 0.3) is 0 Å². The maximum atomic E-state index is 6.27. The van der Waals surface area contributed by atoms with Crippen molar-refractivity contribution in [2.45, 2.75) is 0 Å². The third-order valence-electron chi connectivity index (χ3n) is 7.92. The number of para-hydroxylation sites is 2. The summed E-state index contributed by atoms with van der Waals surface area (Å²) in [6.07, 6.45) is 0. The van der Waals surface area contributed by atoms with Crippen LogP contribution in [0.5, 0.6) is 0 Å². The van der Waals surface area contributed by atoms with Gasteiger partial charge in [-0.1, -0.05) is 84.9 Å². The summed E-state index contributed by atoms with van der Waals surface area (Å²) >= 11 is 0. The second-order valence-electron chi connectivity index (χ2n) is 10.5. The monoisotopic (exact) mass is 539 g/mol. The maximum Gasteiger partial charge on any atom is 0.164 e. The number of furan rings is 2. The molecule has 5 heteroatoms. The van der Waals surface area contributed by atoms with Gasteiger partial charge >= 0.3 is 0 Å². The van der Waals surface area contributed by atoms with Crippen molar-refractivity contribution >= 4 is 54.6 Å². The minimum atomic E-state index is 0.592. The average molecular weight is 540 g/mol. The second-order valence-corrected chi connectivity index (χ2v) is 10.5. The first-order valence-electron chi connectivity index (χ1n) is 13.9. The van der Waals surface area contributed by atoms with Crippen LogP contribution in [0.3, 0.4) is 0 Å². The summed E-state index contributed by atoms with van der Waals surface area (Å²) in [5.74, 6) is 1.82. The Balaban J connectivity index is 1.23. The molecular formula is C37H21N3O2. The van der Waals surface area contributed by atoms with Gasteiger partial charge in [0.1, 0.15) is 22.3 Å². The van der Waals surface area contributed by atoms with Crippen molar-refractivity contribution in [3.63, 3.8) is 0 Å². The fraction of sp³-hybridized carbons (Fsp3) is 0. The Morgan fingerprint density at radius 2 is 0.905 bits per heavy atom. The molecular weight excluding hydrogens is 518 g/mol. The van der Waals surface area contributed by atoms with Crippen LogP contribution in [-0.4, -0.2) is 15.0 Å². The first-order valence-corrected chi connectivity index (χ1v) is 13.9. The number of nitrogens with zero attached hydrogens (tertiary/aromatic N) is 3. The lowest BCUT2D eigenvalue weighted by Crippen LogP contribution is -2.00. The quantitative estimate of drug-likeness (QED) is 0.224. The van der Waals surface area contributed by atoms with Crippen molar-refractivity contribution in [2.24, 2.45) is 0 Å². The van der Waals surface area contributed by atoms with Gasteiger partial charge in [0.2, 0.25) is 0 Å². The maximum absolute atomic E-state index is 6.27. The van der Waals surface area contributed by atoms with E-state index in [0.29, 0.717) is 17.5 Å². The Morgan fingerprint density at radius 3 is 1.67 bits per heavy atom. The molecule has 0 bridgehead atoms. The lowest BCUT2D eigenvalue weighted by atomic mass is 10.0. The molecule has 5 nitrogen and oxygen atoms in total. The molecule has 0 saturated heterocycles. The minimum Gasteiger partial charge on any atom is -0.456 e. The van der Waals surface area contributed by atoms with Crippen LogP contribution in [0, 0.1) is 0 Å². The molecule has 0 saturated carbocycles. The number of rotatable bonds is 3. The Bertz CT molecular complexity index is 2470. The molecule has 0 radical (unpaired) electrons. The van der Waals surface area contributed by atoms with E-state index in [-0.39, 0.29) is 0 Å². The molecule has 9 rings (SSSR count). The zero-order valence-corrected chi connectivity index (χ0v) is 22.3. The summed E-state index contributed by atoms with van der Waals surface area (Å²) in [5.41, 5.74) is 6.15. The molecule has 0 unspecified atom stereocenters. The highest BCUT2D eigenvalue weighted by atomic mass is 16.3. The first kappa shape index (κ1) is 22.9. The molecule has 0 fully saturated rings. The molecule has 0 spiro atoms. The van der Waals surface area contributed by atoms with E-state index in [9.17, 15) is 0 Å². The van der Waals surface area contributed by atoms with Gasteiger partial charge in [0, 0.05) is 43.6 Å². The summed E-state index contributed by atoms with van der Waals surface area (Å²) in [6.45, 7) is 0. The normalized spacial score (nSPS) is 11.8. The van der Waals surface area contributed by atoms with Crippen LogP contribution >= 0.6 is 0 Å². The van der Waals surface area contributed by atoms with E-state index in [0.717, 1.165) is 71.3 Å². The third kappa shape index (κ3) is 3.54. The Hall–Kier alpha value is -5.81.